The van der Waals surface area contributed by atoms with E-state index in [-0.39, 0.29) is 5.56 Å². The Kier molecular flexibility index (Phi) is 5.25. The molecule has 0 atom stereocenters. The Hall–Kier alpha value is -1.53. The van der Waals surface area contributed by atoms with Crippen molar-refractivity contribution in [3.63, 3.8) is 0 Å². The van der Waals surface area contributed by atoms with Crippen molar-refractivity contribution in [1.29, 1.82) is 0 Å². The third-order valence-electron chi connectivity index (χ3n) is 3.71. The quantitative estimate of drug-likeness (QED) is 0.866. The molecule has 1 aliphatic rings. The number of carboxylic acids is 1. The second-order valence-electron chi connectivity index (χ2n) is 5.15. The van der Waals surface area contributed by atoms with E-state index in [1.807, 2.05) is 13.8 Å². The number of hydrogen-bond donors (Lipinski definition) is 1. The van der Waals surface area contributed by atoms with Gasteiger partial charge in [-0.3, -0.25) is 0 Å². The average molecular weight is 294 g/mol. The van der Waals surface area contributed by atoms with E-state index in [0.29, 0.717) is 50.6 Å². The maximum atomic E-state index is 11.3. The molecule has 1 aromatic rings. The number of carboxylic acid groups (broad SMARTS) is 1. The molecule has 0 saturated carbocycles. The second kappa shape index (κ2) is 6.95. The minimum atomic E-state index is -0.984. The number of aryl methyl sites for hydroxylation is 1. The molecular weight excluding hydrogens is 272 g/mol. The standard InChI is InChI=1S/C15H22N2O4/c1-3-5-12-11(13(18)19)10-16-14(17-12)15(21-4-2)6-8-20-9-7-15/h10H,3-9H2,1-2H3,(H,18,19). The molecule has 0 aliphatic carbocycles. The molecule has 6 heteroatoms. The van der Waals surface area contributed by atoms with Crippen LogP contribution in [0.25, 0.3) is 0 Å². The molecule has 1 N–H and O–H groups in total. The van der Waals surface area contributed by atoms with Crippen molar-refractivity contribution < 1.29 is 19.4 Å². The van der Waals surface area contributed by atoms with Crippen molar-refractivity contribution in [3.8, 4) is 0 Å². The van der Waals surface area contributed by atoms with Crippen LogP contribution in [0.3, 0.4) is 0 Å². The Bertz CT molecular complexity index is 493. The van der Waals surface area contributed by atoms with Crippen LogP contribution < -0.4 is 0 Å². The first kappa shape index (κ1) is 15.9. The summed E-state index contributed by atoms with van der Waals surface area (Å²) in [6, 6.07) is 0. The van der Waals surface area contributed by atoms with Crippen LogP contribution in [0.1, 0.15) is 55.0 Å². The van der Waals surface area contributed by atoms with Gasteiger partial charge in [0.15, 0.2) is 5.82 Å². The van der Waals surface area contributed by atoms with E-state index >= 15 is 0 Å². The van der Waals surface area contributed by atoms with Crippen molar-refractivity contribution in [2.45, 2.75) is 45.1 Å². The monoisotopic (exact) mass is 294 g/mol. The van der Waals surface area contributed by atoms with Gasteiger partial charge in [0.05, 0.1) is 11.3 Å². The van der Waals surface area contributed by atoms with E-state index in [9.17, 15) is 9.90 Å². The number of ether oxygens (including phenoxy) is 2. The van der Waals surface area contributed by atoms with Gasteiger partial charge in [0.1, 0.15) is 5.60 Å². The molecule has 1 saturated heterocycles. The first-order valence-electron chi connectivity index (χ1n) is 7.44. The van der Waals surface area contributed by atoms with Crippen molar-refractivity contribution in [2.75, 3.05) is 19.8 Å². The number of aromatic carboxylic acids is 1. The SMILES string of the molecule is CCCc1nc(C2(OCC)CCOCC2)ncc1C(=O)O. The predicted molar refractivity (Wildman–Crippen MR) is 76.3 cm³/mol. The van der Waals surface area contributed by atoms with Crippen LogP contribution in [0.4, 0.5) is 0 Å². The number of carbonyl (C=O) groups is 1. The zero-order chi connectivity index (χ0) is 15.3. The van der Waals surface area contributed by atoms with Crippen LogP contribution in [-0.2, 0) is 21.5 Å². The van der Waals surface area contributed by atoms with Crippen LogP contribution in [-0.4, -0.2) is 40.9 Å². The van der Waals surface area contributed by atoms with Gasteiger partial charge in [-0.25, -0.2) is 14.8 Å². The fourth-order valence-corrected chi connectivity index (χ4v) is 2.65. The molecule has 1 aliphatic heterocycles. The molecular formula is C15H22N2O4. The number of rotatable bonds is 6. The van der Waals surface area contributed by atoms with Crippen LogP contribution in [0, 0.1) is 0 Å². The lowest BCUT2D eigenvalue weighted by Crippen LogP contribution is -2.38. The van der Waals surface area contributed by atoms with Crippen LogP contribution in [0.5, 0.6) is 0 Å². The van der Waals surface area contributed by atoms with Gasteiger partial charge in [0, 0.05) is 38.9 Å². The number of nitrogens with zero attached hydrogens (tertiary/aromatic N) is 2. The van der Waals surface area contributed by atoms with Gasteiger partial charge in [-0.05, 0) is 13.3 Å². The Morgan fingerprint density at radius 1 is 1.43 bits per heavy atom. The molecule has 0 bridgehead atoms. The van der Waals surface area contributed by atoms with Gasteiger partial charge in [0.25, 0.3) is 0 Å². The zero-order valence-electron chi connectivity index (χ0n) is 12.6. The maximum Gasteiger partial charge on any atom is 0.339 e. The first-order valence-corrected chi connectivity index (χ1v) is 7.44. The summed E-state index contributed by atoms with van der Waals surface area (Å²) in [5, 5.41) is 9.23. The molecule has 0 spiro atoms. The molecule has 0 aromatic carbocycles. The second-order valence-corrected chi connectivity index (χ2v) is 5.15. The molecule has 6 nitrogen and oxygen atoms in total. The van der Waals surface area contributed by atoms with E-state index in [0.717, 1.165) is 6.42 Å². The normalized spacial score (nSPS) is 17.6. The average Bonchev–Trinajstić information content (AvgIpc) is 2.48. The third-order valence-corrected chi connectivity index (χ3v) is 3.71. The smallest absolute Gasteiger partial charge is 0.339 e. The highest BCUT2D eigenvalue weighted by molar-refractivity contribution is 5.88. The summed E-state index contributed by atoms with van der Waals surface area (Å²) in [6.07, 6.45) is 4.25. The summed E-state index contributed by atoms with van der Waals surface area (Å²) < 4.78 is 11.3. The van der Waals surface area contributed by atoms with Gasteiger partial charge in [-0.15, -0.1) is 0 Å². The van der Waals surface area contributed by atoms with E-state index in [2.05, 4.69) is 9.97 Å². The fraction of sp³-hybridized carbons (Fsp3) is 0.667. The number of aromatic nitrogens is 2. The van der Waals surface area contributed by atoms with E-state index in [4.69, 9.17) is 9.47 Å². The van der Waals surface area contributed by atoms with E-state index < -0.39 is 11.6 Å². The van der Waals surface area contributed by atoms with Crippen LogP contribution in [0.15, 0.2) is 6.20 Å². The van der Waals surface area contributed by atoms with E-state index in [1.54, 1.807) is 0 Å². The molecule has 1 fully saturated rings. The molecule has 0 unspecified atom stereocenters. The highest BCUT2D eigenvalue weighted by Crippen LogP contribution is 2.34. The minimum Gasteiger partial charge on any atom is -0.478 e. The molecule has 116 valence electrons. The molecule has 21 heavy (non-hydrogen) atoms. The topological polar surface area (TPSA) is 81.5 Å². The Morgan fingerprint density at radius 3 is 2.71 bits per heavy atom. The minimum absolute atomic E-state index is 0.180. The first-order chi connectivity index (χ1) is 10.1. The number of hydrogen-bond acceptors (Lipinski definition) is 5. The Balaban J connectivity index is 2.41. The summed E-state index contributed by atoms with van der Waals surface area (Å²) in [5.41, 5.74) is 0.215. The van der Waals surface area contributed by atoms with Crippen molar-refractivity contribution in [1.82, 2.24) is 9.97 Å². The highest BCUT2D eigenvalue weighted by atomic mass is 16.5. The third kappa shape index (κ3) is 3.39. The van der Waals surface area contributed by atoms with Crippen molar-refractivity contribution in [3.05, 3.63) is 23.3 Å². The van der Waals surface area contributed by atoms with Crippen molar-refractivity contribution in [2.24, 2.45) is 0 Å². The zero-order valence-corrected chi connectivity index (χ0v) is 12.6. The summed E-state index contributed by atoms with van der Waals surface area (Å²) in [4.78, 5) is 20.1. The Labute approximate surface area is 124 Å². The Morgan fingerprint density at radius 2 is 2.14 bits per heavy atom. The summed E-state index contributed by atoms with van der Waals surface area (Å²) >= 11 is 0. The van der Waals surface area contributed by atoms with Crippen LogP contribution in [0.2, 0.25) is 0 Å². The largest absolute Gasteiger partial charge is 0.478 e. The lowest BCUT2D eigenvalue weighted by atomic mass is 9.92. The lowest BCUT2D eigenvalue weighted by molar-refractivity contribution is -0.118. The van der Waals surface area contributed by atoms with Gasteiger partial charge in [-0.1, -0.05) is 13.3 Å². The lowest BCUT2D eigenvalue weighted by Gasteiger charge is -2.35. The molecule has 1 aromatic heterocycles. The molecule has 0 amide bonds. The highest BCUT2D eigenvalue weighted by Gasteiger charge is 2.38. The van der Waals surface area contributed by atoms with E-state index in [1.165, 1.54) is 6.20 Å². The predicted octanol–water partition coefficient (Wildman–Crippen LogP) is 2.17. The summed E-state index contributed by atoms with van der Waals surface area (Å²) in [5.74, 6) is -0.400. The molecule has 2 heterocycles. The van der Waals surface area contributed by atoms with Gasteiger partial charge in [-0.2, -0.15) is 0 Å². The summed E-state index contributed by atoms with van der Waals surface area (Å²) in [7, 11) is 0. The fourth-order valence-electron chi connectivity index (χ4n) is 2.65. The van der Waals surface area contributed by atoms with Crippen LogP contribution >= 0.6 is 0 Å². The van der Waals surface area contributed by atoms with Gasteiger partial charge >= 0.3 is 5.97 Å². The molecule has 0 radical (unpaired) electrons. The molecule has 2 rings (SSSR count). The summed E-state index contributed by atoms with van der Waals surface area (Å²) in [6.45, 7) is 5.71. The van der Waals surface area contributed by atoms with Gasteiger partial charge in [0.2, 0.25) is 0 Å². The van der Waals surface area contributed by atoms with Gasteiger partial charge < -0.3 is 14.6 Å². The van der Waals surface area contributed by atoms with Crippen molar-refractivity contribution >= 4 is 5.97 Å². The maximum absolute atomic E-state index is 11.3.